The average Bonchev–Trinajstić information content (AvgIpc) is 2.78. The highest BCUT2D eigenvalue weighted by atomic mass is 19.1. The van der Waals surface area contributed by atoms with Gasteiger partial charge in [0, 0.05) is 18.8 Å². The Morgan fingerprint density at radius 1 is 1.15 bits per heavy atom. The molecule has 0 spiro atoms. The van der Waals surface area contributed by atoms with Gasteiger partial charge in [-0.3, -0.25) is 9.69 Å². The van der Waals surface area contributed by atoms with E-state index in [4.69, 9.17) is 0 Å². The third kappa shape index (κ3) is 2.42. The molecule has 20 heavy (non-hydrogen) atoms. The van der Waals surface area contributed by atoms with Gasteiger partial charge in [-0.1, -0.05) is 18.2 Å². The van der Waals surface area contributed by atoms with Gasteiger partial charge in [-0.05, 0) is 42.4 Å². The summed E-state index contributed by atoms with van der Waals surface area (Å²) in [5.41, 5.74) is 3.24. The molecule has 2 aromatic carbocycles. The molecule has 3 rings (SSSR count). The molecular formula is C16H15FN2O. The van der Waals surface area contributed by atoms with Gasteiger partial charge in [-0.25, -0.2) is 4.39 Å². The van der Waals surface area contributed by atoms with E-state index in [1.807, 2.05) is 18.2 Å². The van der Waals surface area contributed by atoms with Gasteiger partial charge in [0.1, 0.15) is 5.82 Å². The van der Waals surface area contributed by atoms with Gasteiger partial charge >= 0.3 is 0 Å². The van der Waals surface area contributed by atoms with Crippen molar-refractivity contribution in [1.82, 2.24) is 4.90 Å². The summed E-state index contributed by atoms with van der Waals surface area (Å²) >= 11 is 0. The minimum Gasteiger partial charge on any atom is -0.322 e. The first-order valence-electron chi connectivity index (χ1n) is 6.50. The molecule has 0 aromatic heterocycles. The van der Waals surface area contributed by atoms with Crippen molar-refractivity contribution in [3.63, 3.8) is 0 Å². The lowest BCUT2D eigenvalue weighted by atomic mass is 10.1. The number of benzene rings is 2. The molecule has 1 N–H and O–H groups in total. The molecule has 0 atom stereocenters. The maximum Gasteiger partial charge on any atom is 0.258 e. The maximum absolute atomic E-state index is 13.5. The van der Waals surface area contributed by atoms with Crippen LogP contribution in [-0.4, -0.2) is 17.9 Å². The van der Waals surface area contributed by atoms with E-state index in [-0.39, 0.29) is 5.56 Å². The zero-order valence-corrected chi connectivity index (χ0v) is 11.2. The predicted molar refractivity (Wildman–Crippen MR) is 76.0 cm³/mol. The number of anilines is 1. The van der Waals surface area contributed by atoms with Gasteiger partial charge in [-0.2, -0.15) is 0 Å². The lowest BCUT2D eigenvalue weighted by molar-refractivity contribution is 0.102. The van der Waals surface area contributed by atoms with Crippen LogP contribution in [0.5, 0.6) is 0 Å². The summed E-state index contributed by atoms with van der Waals surface area (Å²) in [6.45, 7) is 1.80. The molecule has 1 aliphatic heterocycles. The molecule has 0 radical (unpaired) electrons. The van der Waals surface area contributed by atoms with E-state index in [2.05, 4.69) is 17.3 Å². The van der Waals surface area contributed by atoms with E-state index in [0.717, 1.165) is 13.1 Å². The number of nitrogens with one attached hydrogen (secondary N) is 1. The van der Waals surface area contributed by atoms with Gasteiger partial charge in [0.05, 0.1) is 5.56 Å². The molecule has 4 heteroatoms. The van der Waals surface area contributed by atoms with Crippen LogP contribution < -0.4 is 5.32 Å². The largest absolute Gasteiger partial charge is 0.322 e. The van der Waals surface area contributed by atoms with Gasteiger partial charge in [0.25, 0.3) is 5.91 Å². The molecule has 0 bridgehead atoms. The number of hydrogen-bond acceptors (Lipinski definition) is 2. The Hall–Kier alpha value is -2.20. The van der Waals surface area contributed by atoms with Crippen molar-refractivity contribution < 1.29 is 9.18 Å². The summed E-state index contributed by atoms with van der Waals surface area (Å²) < 4.78 is 13.5. The van der Waals surface area contributed by atoms with E-state index < -0.39 is 11.7 Å². The molecular weight excluding hydrogens is 255 g/mol. The number of carbonyl (C=O) groups excluding carboxylic acids is 1. The minimum absolute atomic E-state index is 0.0603. The van der Waals surface area contributed by atoms with Crippen LogP contribution in [0.2, 0.25) is 0 Å². The first-order chi connectivity index (χ1) is 9.63. The molecule has 102 valence electrons. The summed E-state index contributed by atoms with van der Waals surface area (Å²) in [5.74, 6) is -0.930. The monoisotopic (exact) mass is 270 g/mol. The van der Waals surface area contributed by atoms with Crippen LogP contribution in [0, 0.1) is 5.82 Å². The second-order valence-corrected chi connectivity index (χ2v) is 5.09. The fraction of sp³-hybridized carbons (Fsp3) is 0.188. The van der Waals surface area contributed by atoms with Crippen molar-refractivity contribution in [2.75, 3.05) is 12.4 Å². The summed E-state index contributed by atoms with van der Waals surface area (Å²) in [4.78, 5) is 14.2. The van der Waals surface area contributed by atoms with Gasteiger partial charge in [-0.15, -0.1) is 0 Å². The zero-order valence-electron chi connectivity index (χ0n) is 11.2. The van der Waals surface area contributed by atoms with Crippen LogP contribution in [0.25, 0.3) is 0 Å². The van der Waals surface area contributed by atoms with Gasteiger partial charge in [0.2, 0.25) is 0 Å². The highest BCUT2D eigenvalue weighted by Crippen LogP contribution is 2.24. The lowest BCUT2D eigenvalue weighted by Crippen LogP contribution is -2.13. The fourth-order valence-corrected chi connectivity index (χ4v) is 2.49. The smallest absolute Gasteiger partial charge is 0.258 e. The van der Waals surface area contributed by atoms with Crippen LogP contribution in [0.15, 0.2) is 42.5 Å². The normalized spacial score (nSPS) is 14.1. The Morgan fingerprint density at radius 3 is 2.70 bits per heavy atom. The van der Waals surface area contributed by atoms with Gasteiger partial charge < -0.3 is 5.32 Å². The topological polar surface area (TPSA) is 32.3 Å². The summed E-state index contributed by atoms with van der Waals surface area (Å²) in [6.07, 6.45) is 0. The Morgan fingerprint density at radius 2 is 1.90 bits per heavy atom. The average molecular weight is 270 g/mol. The standard InChI is InChI=1S/C16H15FN2O/c1-19-9-11-6-7-13(8-12(11)10-19)18-16(20)14-4-2-3-5-15(14)17/h2-8H,9-10H2,1H3,(H,18,20). The first-order valence-corrected chi connectivity index (χ1v) is 6.50. The SMILES string of the molecule is CN1Cc2ccc(NC(=O)c3ccccc3F)cc2C1. The zero-order chi connectivity index (χ0) is 14.1. The number of carbonyl (C=O) groups is 1. The molecule has 0 fully saturated rings. The summed E-state index contributed by atoms with van der Waals surface area (Å²) in [7, 11) is 2.05. The molecule has 0 aliphatic carbocycles. The number of rotatable bonds is 2. The van der Waals surface area contributed by atoms with Crippen molar-refractivity contribution in [1.29, 1.82) is 0 Å². The van der Waals surface area contributed by atoms with Gasteiger partial charge in [0.15, 0.2) is 0 Å². The highest BCUT2D eigenvalue weighted by molar-refractivity contribution is 6.04. The molecule has 0 unspecified atom stereocenters. The van der Waals surface area contributed by atoms with Crippen molar-refractivity contribution in [2.45, 2.75) is 13.1 Å². The molecule has 0 saturated carbocycles. The summed E-state index contributed by atoms with van der Waals surface area (Å²) in [5, 5.41) is 2.75. The second-order valence-electron chi connectivity index (χ2n) is 5.09. The lowest BCUT2D eigenvalue weighted by Gasteiger charge is -2.07. The van der Waals surface area contributed by atoms with E-state index in [1.165, 1.54) is 23.3 Å². The molecule has 3 nitrogen and oxygen atoms in total. The first kappa shape index (κ1) is 12.8. The van der Waals surface area contributed by atoms with Crippen LogP contribution in [0.3, 0.4) is 0 Å². The van der Waals surface area contributed by atoms with E-state index in [1.54, 1.807) is 12.1 Å². The molecule has 2 aromatic rings. The fourth-order valence-electron chi connectivity index (χ4n) is 2.49. The van der Waals surface area contributed by atoms with Crippen LogP contribution in [-0.2, 0) is 13.1 Å². The van der Waals surface area contributed by atoms with Crippen molar-refractivity contribution >= 4 is 11.6 Å². The Kier molecular flexibility index (Phi) is 3.24. The molecule has 0 saturated heterocycles. The second kappa shape index (κ2) is 5.06. The highest BCUT2D eigenvalue weighted by Gasteiger charge is 2.17. The maximum atomic E-state index is 13.5. The molecule has 1 heterocycles. The number of hydrogen-bond donors (Lipinski definition) is 1. The molecule has 1 amide bonds. The van der Waals surface area contributed by atoms with Crippen molar-refractivity contribution in [3.8, 4) is 0 Å². The Bertz CT molecular complexity index is 669. The predicted octanol–water partition coefficient (Wildman–Crippen LogP) is 3.02. The third-order valence-corrected chi connectivity index (χ3v) is 3.46. The number of nitrogens with zero attached hydrogens (tertiary/aromatic N) is 1. The number of halogens is 1. The van der Waals surface area contributed by atoms with Crippen LogP contribution in [0.4, 0.5) is 10.1 Å². The van der Waals surface area contributed by atoms with Crippen LogP contribution in [0.1, 0.15) is 21.5 Å². The van der Waals surface area contributed by atoms with Crippen LogP contribution >= 0.6 is 0 Å². The Balaban J connectivity index is 1.81. The third-order valence-electron chi connectivity index (χ3n) is 3.46. The van der Waals surface area contributed by atoms with E-state index in [0.29, 0.717) is 5.69 Å². The number of amides is 1. The van der Waals surface area contributed by atoms with E-state index in [9.17, 15) is 9.18 Å². The number of fused-ring (bicyclic) bond motifs is 1. The quantitative estimate of drug-likeness (QED) is 0.909. The summed E-state index contributed by atoms with van der Waals surface area (Å²) in [6, 6.07) is 11.8. The van der Waals surface area contributed by atoms with Crippen molar-refractivity contribution in [3.05, 3.63) is 65.0 Å². The Labute approximate surface area is 117 Å². The van der Waals surface area contributed by atoms with E-state index >= 15 is 0 Å². The minimum atomic E-state index is -0.508. The molecule has 1 aliphatic rings. The van der Waals surface area contributed by atoms with Crippen molar-refractivity contribution in [2.24, 2.45) is 0 Å².